The van der Waals surface area contributed by atoms with Crippen molar-refractivity contribution in [2.24, 2.45) is 5.73 Å². The fourth-order valence-electron chi connectivity index (χ4n) is 1.55. The Morgan fingerprint density at radius 3 is 2.29 bits per heavy atom. The molecule has 17 heavy (non-hydrogen) atoms. The zero-order valence-electron chi connectivity index (χ0n) is 9.78. The maximum Gasteiger partial charge on any atom is 0.118 e. The van der Waals surface area contributed by atoms with E-state index in [1.165, 1.54) is 0 Å². The van der Waals surface area contributed by atoms with E-state index >= 15 is 0 Å². The molecule has 5 nitrogen and oxygen atoms in total. The molecule has 0 amide bonds. The number of hydrogen-bond acceptors (Lipinski definition) is 5. The minimum absolute atomic E-state index is 0.419. The SMILES string of the molecule is COc1ccc(C[C@@H](N)[C@H](O)[C@@H](O)CO)cc1. The zero-order valence-corrected chi connectivity index (χ0v) is 9.78. The van der Waals surface area contributed by atoms with E-state index < -0.39 is 24.9 Å². The smallest absolute Gasteiger partial charge is 0.118 e. The number of benzene rings is 1. The van der Waals surface area contributed by atoms with Crippen LogP contribution in [0.1, 0.15) is 5.56 Å². The van der Waals surface area contributed by atoms with E-state index in [4.69, 9.17) is 15.6 Å². The molecule has 0 bridgehead atoms. The van der Waals surface area contributed by atoms with E-state index in [9.17, 15) is 10.2 Å². The minimum atomic E-state index is -1.21. The van der Waals surface area contributed by atoms with Crippen LogP contribution < -0.4 is 10.5 Å². The zero-order chi connectivity index (χ0) is 12.8. The molecule has 5 N–H and O–H groups in total. The fourth-order valence-corrected chi connectivity index (χ4v) is 1.55. The lowest BCUT2D eigenvalue weighted by atomic mass is 9.99. The van der Waals surface area contributed by atoms with Crippen LogP contribution in [0.4, 0.5) is 0 Å². The van der Waals surface area contributed by atoms with Gasteiger partial charge in [0, 0.05) is 6.04 Å². The van der Waals surface area contributed by atoms with Gasteiger partial charge in [-0.2, -0.15) is 0 Å². The first-order chi connectivity index (χ1) is 8.08. The predicted molar refractivity (Wildman–Crippen MR) is 63.8 cm³/mol. The molecule has 0 radical (unpaired) electrons. The standard InChI is InChI=1S/C12H19NO4/c1-17-9-4-2-8(3-5-9)6-10(13)12(16)11(15)7-14/h2-5,10-12,14-16H,6-7,13H2,1H3/t10-,11+,12+/m1/s1. The maximum atomic E-state index is 9.59. The first-order valence-corrected chi connectivity index (χ1v) is 5.44. The van der Waals surface area contributed by atoms with Crippen molar-refractivity contribution in [1.82, 2.24) is 0 Å². The lowest BCUT2D eigenvalue weighted by Gasteiger charge is -2.22. The summed E-state index contributed by atoms with van der Waals surface area (Å²) in [6, 6.07) is 6.67. The number of rotatable bonds is 6. The third-order valence-electron chi connectivity index (χ3n) is 2.65. The lowest BCUT2D eigenvalue weighted by Crippen LogP contribution is -2.45. The van der Waals surface area contributed by atoms with Gasteiger partial charge in [-0.1, -0.05) is 12.1 Å². The van der Waals surface area contributed by atoms with Gasteiger partial charge in [-0.25, -0.2) is 0 Å². The summed E-state index contributed by atoms with van der Waals surface area (Å²) in [5.41, 5.74) is 6.68. The fraction of sp³-hybridized carbons (Fsp3) is 0.500. The van der Waals surface area contributed by atoms with Crippen LogP contribution in [-0.2, 0) is 6.42 Å². The van der Waals surface area contributed by atoms with E-state index in [2.05, 4.69) is 0 Å². The van der Waals surface area contributed by atoms with Gasteiger partial charge in [-0.3, -0.25) is 0 Å². The van der Waals surface area contributed by atoms with Crippen LogP contribution in [0.15, 0.2) is 24.3 Å². The van der Waals surface area contributed by atoms with Gasteiger partial charge >= 0.3 is 0 Å². The average molecular weight is 241 g/mol. The molecule has 0 spiro atoms. The van der Waals surface area contributed by atoms with Crippen molar-refractivity contribution in [1.29, 1.82) is 0 Å². The Kier molecular flexibility index (Phi) is 5.37. The number of nitrogens with two attached hydrogens (primary N) is 1. The summed E-state index contributed by atoms with van der Waals surface area (Å²) in [4.78, 5) is 0. The van der Waals surface area contributed by atoms with Crippen LogP contribution in [-0.4, -0.2) is 47.3 Å². The van der Waals surface area contributed by atoms with Crippen molar-refractivity contribution in [2.75, 3.05) is 13.7 Å². The molecule has 0 saturated carbocycles. The molecule has 0 aromatic heterocycles. The van der Waals surface area contributed by atoms with E-state index in [0.29, 0.717) is 6.42 Å². The molecule has 0 saturated heterocycles. The van der Waals surface area contributed by atoms with Crippen LogP contribution in [0, 0.1) is 0 Å². The van der Waals surface area contributed by atoms with Crippen LogP contribution in [0.25, 0.3) is 0 Å². The van der Waals surface area contributed by atoms with Gasteiger partial charge in [0.05, 0.1) is 19.8 Å². The molecule has 0 aliphatic heterocycles. The highest BCUT2D eigenvalue weighted by molar-refractivity contribution is 5.27. The Morgan fingerprint density at radius 2 is 1.82 bits per heavy atom. The van der Waals surface area contributed by atoms with E-state index in [1.807, 2.05) is 12.1 Å². The monoisotopic (exact) mass is 241 g/mol. The molecule has 1 aromatic carbocycles. The van der Waals surface area contributed by atoms with E-state index in [-0.39, 0.29) is 0 Å². The van der Waals surface area contributed by atoms with Gasteiger partial charge in [0.25, 0.3) is 0 Å². The van der Waals surface area contributed by atoms with Crippen LogP contribution in [0.2, 0.25) is 0 Å². The lowest BCUT2D eigenvalue weighted by molar-refractivity contribution is -0.0256. The first-order valence-electron chi connectivity index (χ1n) is 5.44. The quantitative estimate of drug-likeness (QED) is 0.527. The van der Waals surface area contributed by atoms with E-state index in [1.54, 1.807) is 19.2 Å². The third kappa shape index (κ3) is 3.98. The van der Waals surface area contributed by atoms with Crippen molar-refractivity contribution in [3.05, 3.63) is 29.8 Å². The Hall–Kier alpha value is -1.14. The first kappa shape index (κ1) is 13.9. The number of hydrogen-bond donors (Lipinski definition) is 4. The Labute approximate surface area is 100 Å². The summed E-state index contributed by atoms with van der Waals surface area (Å²) in [5, 5.41) is 27.6. The summed E-state index contributed by atoms with van der Waals surface area (Å²) in [6.45, 7) is -0.503. The van der Waals surface area contributed by atoms with Gasteiger partial charge in [-0.15, -0.1) is 0 Å². The second-order valence-corrected chi connectivity index (χ2v) is 3.96. The van der Waals surface area contributed by atoms with Crippen molar-refractivity contribution in [2.45, 2.75) is 24.7 Å². The molecule has 0 heterocycles. The Balaban J connectivity index is 2.57. The van der Waals surface area contributed by atoms with Gasteiger partial charge in [0.1, 0.15) is 11.9 Å². The summed E-state index contributed by atoms with van der Waals surface area (Å²) in [5.74, 6) is 0.748. The van der Waals surface area contributed by atoms with Crippen molar-refractivity contribution in [3.8, 4) is 5.75 Å². The van der Waals surface area contributed by atoms with Gasteiger partial charge < -0.3 is 25.8 Å². The van der Waals surface area contributed by atoms with Crippen LogP contribution in [0.3, 0.4) is 0 Å². The Morgan fingerprint density at radius 1 is 1.24 bits per heavy atom. The molecule has 0 fully saturated rings. The summed E-state index contributed by atoms with van der Waals surface area (Å²) in [7, 11) is 1.59. The van der Waals surface area contributed by atoms with Crippen molar-refractivity contribution < 1.29 is 20.1 Å². The highest BCUT2D eigenvalue weighted by Crippen LogP contribution is 2.13. The minimum Gasteiger partial charge on any atom is -0.497 e. The van der Waals surface area contributed by atoms with Crippen molar-refractivity contribution >= 4 is 0 Å². The van der Waals surface area contributed by atoms with Gasteiger partial charge in [0.2, 0.25) is 0 Å². The highest BCUT2D eigenvalue weighted by Gasteiger charge is 2.22. The summed E-state index contributed by atoms with van der Waals surface area (Å²) in [6.07, 6.45) is -1.92. The van der Waals surface area contributed by atoms with Gasteiger partial charge in [0.15, 0.2) is 0 Å². The molecule has 3 atom stereocenters. The molecule has 5 heteroatoms. The topological polar surface area (TPSA) is 95.9 Å². The van der Waals surface area contributed by atoms with E-state index in [0.717, 1.165) is 11.3 Å². The highest BCUT2D eigenvalue weighted by atomic mass is 16.5. The number of aliphatic hydroxyl groups excluding tert-OH is 3. The molecular formula is C12H19NO4. The molecule has 1 aromatic rings. The normalized spacial score (nSPS) is 16.3. The summed E-state index contributed by atoms with van der Waals surface area (Å²) >= 11 is 0. The van der Waals surface area contributed by atoms with Gasteiger partial charge in [-0.05, 0) is 24.1 Å². The second kappa shape index (κ2) is 6.56. The largest absolute Gasteiger partial charge is 0.497 e. The van der Waals surface area contributed by atoms with Crippen LogP contribution >= 0.6 is 0 Å². The number of ether oxygens (including phenoxy) is 1. The molecule has 0 aliphatic rings. The molecule has 0 aliphatic carbocycles. The predicted octanol–water partition coefficient (Wildman–Crippen LogP) is -0.721. The molecule has 96 valence electrons. The number of aliphatic hydroxyl groups is 3. The second-order valence-electron chi connectivity index (χ2n) is 3.96. The summed E-state index contributed by atoms with van der Waals surface area (Å²) < 4.78 is 5.02. The Bertz CT molecular complexity index is 328. The maximum absolute atomic E-state index is 9.59. The number of methoxy groups -OCH3 is 1. The third-order valence-corrected chi connectivity index (χ3v) is 2.65. The van der Waals surface area contributed by atoms with Crippen LogP contribution in [0.5, 0.6) is 5.75 Å². The average Bonchev–Trinajstić information content (AvgIpc) is 2.37. The molecule has 1 rings (SSSR count). The van der Waals surface area contributed by atoms with Crippen molar-refractivity contribution in [3.63, 3.8) is 0 Å². The molecular weight excluding hydrogens is 222 g/mol. The molecule has 0 unspecified atom stereocenters.